The summed E-state index contributed by atoms with van der Waals surface area (Å²) in [4.78, 5) is 16.4. The summed E-state index contributed by atoms with van der Waals surface area (Å²) in [6, 6.07) is 5.42. The predicted molar refractivity (Wildman–Crippen MR) is 96.0 cm³/mol. The first-order valence-electron chi connectivity index (χ1n) is 7.42. The summed E-state index contributed by atoms with van der Waals surface area (Å²) in [5.41, 5.74) is 4.72. The lowest BCUT2D eigenvalue weighted by Gasteiger charge is -2.04. The number of nitrogens with one attached hydrogen (secondary N) is 1. The lowest BCUT2D eigenvalue weighted by molar-refractivity contribution is 0.0531. The van der Waals surface area contributed by atoms with Crippen LogP contribution in [0.3, 0.4) is 0 Å². The molecule has 1 aromatic heterocycles. The number of anilines is 1. The second-order valence-electron chi connectivity index (χ2n) is 4.87. The van der Waals surface area contributed by atoms with E-state index in [4.69, 9.17) is 4.74 Å². The molecule has 0 aliphatic carbocycles. The Morgan fingerprint density at radius 2 is 2.33 bits per heavy atom. The number of rotatable bonds is 7. The Hall–Kier alpha value is -2.67. The Morgan fingerprint density at radius 1 is 1.54 bits per heavy atom. The van der Waals surface area contributed by atoms with E-state index >= 15 is 0 Å². The number of phenols is 1. The van der Waals surface area contributed by atoms with Gasteiger partial charge < -0.3 is 9.84 Å². The number of aromatic nitrogens is 1. The van der Waals surface area contributed by atoms with Crippen molar-refractivity contribution in [2.75, 3.05) is 12.0 Å². The van der Waals surface area contributed by atoms with E-state index in [1.807, 2.05) is 12.1 Å². The minimum Gasteiger partial charge on any atom is -0.507 e. The van der Waals surface area contributed by atoms with Gasteiger partial charge in [0.05, 0.1) is 18.5 Å². The van der Waals surface area contributed by atoms with Gasteiger partial charge >= 0.3 is 5.97 Å². The zero-order valence-electron chi connectivity index (χ0n) is 13.6. The molecule has 0 bridgehead atoms. The van der Waals surface area contributed by atoms with Crippen molar-refractivity contribution < 1.29 is 14.6 Å². The predicted octanol–water partition coefficient (Wildman–Crippen LogP) is 3.51. The van der Waals surface area contributed by atoms with Gasteiger partial charge in [-0.3, -0.25) is 5.43 Å². The number of nitrogens with zero attached hydrogens (tertiary/aromatic N) is 2. The molecule has 24 heavy (non-hydrogen) atoms. The van der Waals surface area contributed by atoms with Crippen LogP contribution in [0.1, 0.15) is 33.4 Å². The molecule has 2 aromatic rings. The average molecular weight is 345 g/mol. The average Bonchev–Trinajstić information content (AvgIpc) is 2.92. The summed E-state index contributed by atoms with van der Waals surface area (Å²) < 4.78 is 4.97. The van der Waals surface area contributed by atoms with Crippen molar-refractivity contribution in [3.05, 3.63) is 52.6 Å². The van der Waals surface area contributed by atoms with E-state index < -0.39 is 0 Å². The Morgan fingerprint density at radius 3 is 3.04 bits per heavy atom. The van der Waals surface area contributed by atoms with Gasteiger partial charge in [0, 0.05) is 5.56 Å². The Bertz CT molecular complexity index is 768. The summed E-state index contributed by atoms with van der Waals surface area (Å²) in [5, 5.41) is 14.7. The van der Waals surface area contributed by atoms with Crippen LogP contribution in [0.15, 0.2) is 36.0 Å². The smallest absolute Gasteiger partial charge is 0.350 e. The zero-order chi connectivity index (χ0) is 17.5. The van der Waals surface area contributed by atoms with Crippen LogP contribution < -0.4 is 5.43 Å². The van der Waals surface area contributed by atoms with Crippen molar-refractivity contribution in [3.8, 4) is 5.75 Å². The van der Waals surface area contributed by atoms with E-state index in [2.05, 4.69) is 22.1 Å². The van der Waals surface area contributed by atoms with Gasteiger partial charge in [-0.2, -0.15) is 5.10 Å². The molecule has 0 radical (unpaired) electrons. The maximum absolute atomic E-state index is 11.8. The molecule has 6 nitrogen and oxygen atoms in total. The summed E-state index contributed by atoms with van der Waals surface area (Å²) in [6.45, 7) is 7.47. The van der Waals surface area contributed by atoms with Gasteiger partial charge in [0.15, 0.2) is 0 Å². The minimum absolute atomic E-state index is 0.172. The van der Waals surface area contributed by atoms with Gasteiger partial charge in [-0.25, -0.2) is 9.78 Å². The fraction of sp³-hybridized carbons (Fsp3) is 0.235. The Labute approximate surface area is 144 Å². The lowest BCUT2D eigenvalue weighted by Crippen LogP contribution is -2.03. The first-order chi connectivity index (χ1) is 11.6. The molecule has 1 heterocycles. The number of para-hydroxylation sites is 1. The molecule has 1 aromatic carbocycles. The van der Waals surface area contributed by atoms with Gasteiger partial charge in [0.2, 0.25) is 5.13 Å². The molecule has 0 fully saturated rings. The van der Waals surface area contributed by atoms with Gasteiger partial charge in [0.25, 0.3) is 0 Å². The summed E-state index contributed by atoms with van der Waals surface area (Å²) >= 11 is 1.17. The van der Waals surface area contributed by atoms with Crippen LogP contribution >= 0.6 is 11.3 Å². The Balaban J connectivity index is 2.10. The molecule has 0 spiro atoms. The number of hydrogen-bond donors (Lipinski definition) is 2. The number of benzene rings is 1. The van der Waals surface area contributed by atoms with Gasteiger partial charge in [0.1, 0.15) is 10.6 Å². The first-order valence-corrected chi connectivity index (χ1v) is 8.23. The quantitative estimate of drug-likeness (QED) is 0.347. The molecule has 0 saturated heterocycles. The van der Waals surface area contributed by atoms with Crippen molar-refractivity contribution >= 4 is 28.7 Å². The van der Waals surface area contributed by atoms with Gasteiger partial charge in [-0.15, -0.1) is 6.58 Å². The topological polar surface area (TPSA) is 83.8 Å². The number of hydrazone groups is 1. The first kappa shape index (κ1) is 17.7. The molecule has 2 rings (SSSR count). The molecule has 126 valence electrons. The second-order valence-corrected chi connectivity index (χ2v) is 5.87. The number of aromatic hydroxyl groups is 1. The summed E-state index contributed by atoms with van der Waals surface area (Å²) in [7, 11) is 0. The highest BCUT2D eigenvalue weighted by Crippen LogP contribution is 2.24. The molecule has 7 heteroatoms. The van der Waals surface area contributed by atoms with E-state index in [0.29, 0.717) is 34.3 Å². The van der Waals surface area contributed by atoms with Crippen molar-refractivity contribution in [1.29, 1.82) is 0 Å². The van der Waals surface area contributed by atoms with Gasteiger partial charge in [-0.1, -0.05) is 29.5 Å². The largest absolute Gasteiger partial charge is 0.507 e. The number of carbonyl (C=O) groups is 1. The van der Waals surface area contributed by atoms with E-state index in [-0.39, 0.29) is 11.7 Å². The van der Waals surface area contributed by atoms with Crippen molar-refractivity contribution in [1.82, 2.24) is 4.98 Å². The highest BCUT2D eigenvalue weighted by molar-refractivity contribution is 7.17. The number of thiazole rings is 1. The number of aryl methyl sites for hydroxylation is 1. The van der Waals surface area contributed by atoms with Crippen LogP contribution in [-0.2, 0) is 11.2 Å². The SMILES string of the molecule is C=CCc1cccc(/C=N/Nc2nc(C)c(C(=O)OCC)s2)c1O. The van der Waals surface area contributed by atoms with Crippen LogP contribution in [0.25, 0.3) is 0 Å². The van der Waals surface area contributed by atoms with E-state index in [9.17, 15) is 9.90 Å². The third kappa shape index (κ3) is 4.20. The molecule has 0 aliphatic rings. The van der Waals surface area contributed by atoms with Crippen LogP contribution in [0.5, 0.6) is 5.75 Å². The maximum Gasteiger partial charge on any atom is 0.350 e. The fourth-order valence-electron chi connectivity index (χ4n) is 2.02. The van der Waals surface area contributed by atoms with Crippen LogP contribution in [-0.4, -0.2) is 28.9 Å². The zero-order valence-corrected chi connectivity index (χ0v) is 14.4. The molecule has 0 atom stereocenters. The maximum atomic E-state index is 11.8. The second kappa shape index (κ2) is 8.26. The van der Waals surface area contributed by atoms with Crippen LogP contribution in [0.2, 0.25) is 0 Å². The fourth-order valence-corrected chi connectivity index (χ4v) is 2.83. The number of carbonyl (C=O) groups excluding carboxylic acids is 1. The number of esters is 1. The van der Waals surface area contributed by atoms with Crippen LogP contribution in [0.4, 0.5) is 5.13 Å². The summed E-state index contributed by atoms with van der Waals surface area (Å²) in [6.07, 6.45) is 3.81. The number of allylic oxidation sites excluding steroid dienone is 1. The molecule has 0 amide bonds. The Kier molecular flexibility index (Phi) is 6.08. The molecular weight excluding hydrogens is 326 g/mol. The van der Waals surface area contributed by atoms with Gasteiger partial charge in [-0.05, 0) is 31.9 Å². The molecule has 0 aliphatic heterocycles. The number of hydrogen-bond acceptors (Lipinski definition) is 7. The molecular formula is C17H19N3O3S. The molecule has 0 unspecified atom stereocenters. The van der Waals surface area contributed by atoms with E-state index in [1.54, 1.807) is 26.0 Å². The standard InChI is InChI=1S/C17H19N3O3S/c1-4-7-12-8-6-9-13(14(12)21)10-18-20-17-19-11(3)15(24-17)16(22)23-5-2/h4,6,8-10,21H,1,5,7H2,2-3H3,(H,19,20)/b18-10+. The lowest BCUT2D eigenvalue weighted by atomic mass is 10.1. The highest BCUT2D eigenvalue weighted by Gasteiger charge is 2.15. The van der Waals surface area contributed by atoms with Crippen molar-refractivity contribution in [2.45, 2.75) is 20.3 Å². The number of phenolic OH excluding ortho intramolecular Hbond substituents is 1. The molecule has 2 N–H and O–H groups in total. The third-order valence-electron chi connectivity index (χ3n) is 3.14. The monoisotopic (exact) mass is 345 g/mol. The molecule has 0 saturated carbocycles. The number of ether oxygens (including phenoxy) is 1. The minimum atomic E-state index is -0.390. The normalized spacial score (nSPS) is 10.8. The van der Waals surface area contributed by atoms with Crippen molar-refractivity contribution in [3.63, 3.8) is 0 Å². The van der Waals surface area contributed by atoms with E-state index in [0.717, 1.165) is 5.56 Å². The van der Waals surface area contributed by atoms with Crippen molar-refractivity contribution in [2.24, 2.45) is 5.10 Å². The highest BCUT2D eigenvalue weighted by atomic mass is 32.1. The summed E-state index contributed by atoms with van der Waals surface area (Å²) in [5.74, 6) is -0.218. The van der Waals surface area contributed by atoms with Crippen LogP contribution in [0, 0.1) is 6.92 Å². The van der Waals surface area contributed by atoms with E-state index in [1.165, 1.54) is 17.6 Å². The third-order valence-corrected chi connectivity index (χ3v) is 4.18.